The number of piperidine rings is 1. The van der Waals surface area contributed by atoms with Crippen molar-refractivity contribution in [3.8, 4) is 0 Å². The summed E-state index contributed by atoms with van der Waals surface area (Å²) in [6, 6.07) is 2.83. The van der Waals surface area contributed by atoms with Crippen molar-refractivity contribution in [2.24, 2.45) is 0 Å². The highest BCUT2D eigenvalue weighted by atomic mass is 32.2. The molecule has 1 aromatic rings. The van der Waals surface area contributed by atoms with Crippen molar-refractivity contribution in [3.63, 3.8) is 0 Å². The lowest BCUT2D eigenvalue weighted by Crippen LogP contribution is -2.36. The molecule has 0 aromatic carbocycles. The van der Waals surface area contributed by atoms with Crippen molar-refractivity contribution in [2.75, 3.05) is 13.1 Å². The van der Waals surface area contributed by atoms with Crippen LogP contribution in [0.4, 0.5) is 5.69 Å². The second-order valence-corrected chi connectivity index (χ2v) is 5.50. The van der Waals surface area contributed by atoms with E-state index in [9.17, 15) is 14.3 Å². The fraction of sp³-hybridized carbons (Fsp3) is 0.500. The van der Waals surface area contributed by atoms with Gasteiger partial charge in [-0.1, -0.05) is 0 Å². The molecule has 0 aliphatic carbocycles. The zero-order valence-corrected chi connectivity index (χ0v) is 9.98. The van der Waals surface area contributed by atoms with E-state index in [1.165, 1.54) is 18.3 Å². The smallest absolute Gasteiger partial charge is 0.303 e. The van der Waals surface area contributed by atoms with E-state index in [0.717, 1.165) is 19.4 Å². The molecule has 0 spiro atoms. The zero-order chi connectivity index (χ0) is 12.3. The van der Waals surface area contributed by atoms with Gasteiger partial charge in [0.25, 0.3) is 0 Å². The Bertz CT molecular complexity index is 446. The van der Waals surface area contributed by atoms with Crippen molar-refractivity contribution >= 4 is 16.5 Å². The fourth-order valence-corrected chi connectivity index (χ4v) is 3.32. The number of nitrogens with zero attached hydrogens (tertiary/aromatic N) is 2. The van der Waals surface area contributed by atoms with Crippen LogP contribution >= 0.6 is 0 Å². The summed E-state index contributed by atoms with van der Waals surface area (Å²) >= 11 is 0. The first-order valence-electron chi connectivity index (χ1n) is 5.41. The van der Waals surface area contributed by atoms with Crippen LogP contribution in [0.5, 0.6) is 0 Å². The summed E-state index contributed by atoms with van der Waals surface area (Å²) in [5.41, 5.74) is -0.156. The maximum absolute atomic E-state index is 12.2. The zero-order valence-electron chi connectivity index (χ0n) is 9.17. The molecule has 1 saturated heterocycles. The summed E-state index contributed by atoms with van der Waals surface area (Å²) in [6.45, 7) is 1.54. The first-order chi connectivity index (χ1) is 8.20. The molecule has 2 heterocycles. The Morgan fingerprint density at radius 1 is 1.59 bits per heavy atom. The Morgan fingerprint density at radius 3 is 3.06 bits per heavy atom. The number of nitrogens with one attached hydrogen (secondary N) is 1. The van der Waals surface area contributed by atoms with Crippen molar-refractivity contribution < 1.29 is 9.13 Å². The number of hydrogen-bond acceptors (Lipinski definition) is 5. The molecular weight excluding hydrogens is 242 g/mol. The van der Waals surface area contributed by atoms with Crippen LogP contribution in [-0.2, 0) is 10.8 Å². The maximum Gasteiger partial charge on any atom is 0.303 e. The van der Waals surface area contributed by atoms with E-state index < -0.39 is 15.7 Å². The van der Waals surface area contributed by atoms with E-state index in [2.05, 4.69) is 10.3 Å². The van der Waals surface area contributed by atoms with E-state index in [4.69, 9.17) is 0 Å². The lowest BCUT2D eigenvalue weighted by molar-refractivity contribution is -0.388. The summed E-state index contributed by atoms with van der Waals surface area (Å²) in [6.07, 6.45) is 3.20. The maximum atomic E-state index is 12.2. The van der Waals surface area contributed by atoms with Crippen LogP contribution in [-0.4, -0.2) is 32.5 Å². The minimum Gasteiger partial charge on any atom is -0.316 e. The largest absolute Gasteiger partial charge is 0.316 e. The van der Waals surface area contributed by atoms with Gasteiger partial charge >= 0.3 is 5.69 Å². The van der Waals surface area contributed by atoms with Crippen molar-refractivity contribution in [3.05, 3.63) is 28.4 Å². The predicted octanol–water partition coefficient (Wildman–Crippen LogP) is 0.849. The number of hydrogen-bond donors (Lipinski definition) is 1. The second kappa shape index (κ2) is 5.33. The second-order valence-electron chi connectivity index (χ2n) is 3.85. The van der Waals surface area contributed by atoms with E-state index >= 15 is 0 Å². The van der Waals surface area contributed by atoms with Gasteiger partial charge in [-0.2, -0.15) is 0 Å². The molecule has 1 aromatic heterocycles. The summed E-state index contributed by atoms with van der Waals surface area (Å²) in [7, 11) is -1.42. The van der Waals surface area contributed by atoms with Gasteiger partial charge in [0.2, 0.25) is 5.03 Å². The highest BCUT2D eigenvalue weighted by Gasteiger charge is 2.27. The Morgan fingerprint density at radius 2 is 2.41 bits per heavy atom. The quantitative estimate of drug-likeness (QED) is 0.639. The Kier molecular flexibility index (Phi) is 3.80. The van der Waals surface area contributed by atoms with Gasteiger partial charge in [0, 0.05) is 18.8 Å². The highest BCUT2D eigenvalue weighted by Crippen LogP contribution is 2.23. The Labute approximate surface area is 101 Å². The standard InChI is InChI=1S/C10H13N3O3S/c14-13(15)9-4-2-6-12-10(9)17(16)8-3-1-5-11-7-8/h2,4,6,8,11H,1,3,5,7H2. The van der Waals surface area contributed by atoms with Gasteiger partial charge in [-0.05, 0) is 25.5 Å². The van der Waals surface area contributed by atoms with Crippen LogP contribution < -0.4 is 5.32 Å². The topological polar surface area (TPSA) is 85.1 Å². The third-order valence-corrected chi connectivity index (χ3v) is 4.40. The third-order valence-electron chi connectivity index (χ3n) is 2.69. The molecule has 0 bridgehead atoms. The molecule has 1 fully saturated rings. The summed E-state index contributed by atoms with van der Waals surface area (Å²) in [4.78, 5) is 14.2. The Balaban J connectivity index is 2.26. The van der Waals surface area contributed by atoms with Crippen LogP contribution in [0.2, 0.25) is 0 Å². The molecule has 92 valence electrons. The molecule has 1 N–H and O–H groups in total. The van der Waals surface area contributed by atoms with Crippen LogP contribution in [0.3, 0.4) is 0 Å². The molecular formula is C10H13N3O3S. The molecule has 0 radical (unpaired) electrons. The predicted molar refractivity (Wildman–Crippen MR) is 63.2 cm³/mol. The van der Waals surface area contributed by atoms with Crippen LogP contribution in [0, 0.1) is 10.1 Å². The van der Waals surface area contributed by atoms with Crippen molar-refractivity contribution in [2.45, 2.75) is 23.1 Å². The number of aromatic nitrogens is 1. The summed E-state index contributed by atoms with van der Waals surface area (Å²) < 4.78 is 12.2. The fourth-order valence-electron chi connectivity index (χ4n) is 1.84. The van der Waals surface area contributed by atoms with E-state index in [0.29, 0.717) is 6.54 Å². The molecule has 1 aliphatic heterocycles. The monoisotopic (exact) mass is 255 g/mol. The molecule has 1 aliphatic rings. The summed E-state index contributed by atoms with van der Waals surface area (Å²) in [5, 5.41) is 14.0. The minimum atomic E-state index is -1.42. The Hall–Kier alpha value is -1.34. The minimum absolute atomic E-state index is 0.0858. The first kappa shape index (κ1) is 12.1. The van der Waals surface area contributed by atoms with Crippen LogP contribution in [0.25, 0.3) is 0 Å². The number of rotatable bonds is 3. The van der Waals surface area contributed by atoms with Crippen molar-refractivity contribution in [1.29, 1.82) is 0 Å². The molecule has 7 heteroatoms. The van der Waals surface area contributed by atoms with Gasteiger partial charge in [0.05, 0.1) is 21.0 Å². The van der Waals surface area contributed by atoms with Crippen LogP contribution in [0.1, 0.15) is 12.8 Å². The molecule has 0 amide bonds. The molecule has 2 unspecified atom stereocenters. The highest BCUT2D eigenvalue weighted by molar-refractivity contribution is 7.85. The van der Waals surface area contributed by atoms with Gasteiger partial charge in [-0.25, -0.2) is 4.98 Å². The van der Waals surface area contributed by atoms with Crippen LogP contribution in [0.15, 0.2) is 23.4 Å². The lowest BCUT2D eigenvalue weighted by Gasteiger charge is -2.21. The van der Waals surface area contributed by atoms with E-state index in [1.54, 1.807) is 0 Å². The van der Waals surface area contributed by atoms with E-state index in [-0.39, 0.29) is 16.0 Å². The summed E-state index contributed by atoms with van der Waals surface area (Å²) in [5.74, 6) is 0. The molecule has 17 heavy (non-hydrogen) atoms. The molecule has 2 rings (SSSR count). The SMILES string of the molecule is O=[N+]([O-])c1cccnc1S(=O)C1CCCNC1. The van der Waals surface area contributed by atoms with Gasteiger partial charge in [0.15, 0.2) is 0 Å². The molecule has 2 atom stereocenters. The van der Waals surface area contributed by atoms with Gasteiger partial charge in [-0.3, -0.25) is 14.3 Å². The van der Waals surface area contributed by atoms with Gasteiger partial charge < -0.3 is 5.32 Å². The third kappa shape index (κ3) is 2.67. The number of nitro groups is 1. The van der Waals surface area contributed by atoms with E-state index in [1.807, 2.05) is 0 Å². The normalized spacial score (nSPS) is 22.0. The van der Waals surface area contributed by atoms with Crippen molar-refractivity contribution in [1.82, 2.24) is 10.3 Å². The number of pyridine rings is 1. The average molecular weight is 255 g/mol. The van der Waals surface area contributed by atoms with Gasteiger partial charge in [0.1, 0.15) is 0 Å². The molecule has 0 saturated carbocycles. The van der Waals surface area contributed by atoms with Gasteiger partial charge in [-0.15, -0.1) is 0 Å². The average Bonchev–Trinajstić information content (AvgIpc) is 2.39. The lowest BCUT2D eigenvalue weighted by atomic mass is 10.2. The molecule has 6 nitrogen and oxygen atoms in total. The first-order valence-corrected chi connectivity index (χ1v) is 6.62.